The molecule has 2 aromatic heterocycles. The second-order valence-electron chi connectivity index (χ2n) is 6.72. The minimum absolute atomic E-state index is 0.00165. The molecule has 0 saturated heterocycles. The molecule has 0 fully saturated rings. The number of carbonyl (C=O) groups is 1. The lowest BCUT2D eigenvalue weighted by molar-refractivity contribution is -0.131. The number of nitrogens with zero attached hydrogens (tertiary/aromatic N) is 7. The topological polar surface area (TPSA) is 91.0 Å². The quantitative estimate of drug-likeness (QED) is 0.447. The standard InChI is InChI=1S/C21H21N7O2/c1-26(13-17-12-22-27(14-17)18-8-4-2-5-9-18)21(29)15-28-24-20(23-25-28)16-30-19-10-6-3-7-11-19/h2-12,14H,13,15-16H2,1H3. The van der Waals surface area contributed by atoms with Gasteiger partial charge < -0.3 is 9.64 Å². The number of rotatable bonds is 8. The van der Waals surface area contributed by atoms with Crippen LogP contribution in [0.25, 0.3) is 5.69 Å². The molecule has 0 saturated carbocycles. The van der Waals surface area contributed by atoms with Crippen molar-refractivity contribution in [2.24, 2.45) is 0 Å². The Bertz CT molecular complexity index is 1090. The number of likely N-dealkylation sites (N-methyl/N-ethyl adjacent to an activating group) is 1. The number of ether oxygens (including phenoxy) is 1. The van der Waals surface area contributed by atoms with E-state index in [0.29, 0.717) is 12.4 Å². The zero-order chi connectivity index (χ0) is 20.8. The van der Waals surface area contributed by atoms with Crippen molar-refractivity contribution in [3.05, 3.63) is 84.4 Å². The molecule has 0 N–H and O–H groups in total. The van der Waals surface area contributed by atoms with Crippen LogP contribution in [0.3, 0.4) is 0 Å². The Kier molecular flexibility index (Phi) is 5.79. The van der Waals surface area contributed by atoms with Crippen molar-refractivity contribution >= 4 is 5.91 Å². The van der Waals surface area contributed by atoms with Gasteiger partial charge in [-0.3, -0.25) is 4.79 Å². The van der Waals surface area contributed by atoms with E-state index in [1.54, 1.807) is 22.8 Å². The smallest absolute Gasteiger partial charge is 0.246 e. The zero-order valence-electron chi connectivity index (χ0n) is 16.5. The fourth-order valence-electron chi connectivity index (χ4n) is 2.83. The Hall–Kier alpha value is -4.01. The molecule has 2 aromatic carbocycles. The van der Waals surface area contributed by atoms with E-state index < -0.39 is 0 Å². The van der Waals surface area contributed by atoms with Gasteiger partial charge in [-0.15, -0.1) is 10.2 Å². The Labute approximate surface area is 173 Å². The molecule has 0 spiro atoms. The van der Waals surface area contributed by atoms with E-state index in [9.17, 15) is 4.79 Å². The monoisotopic (exact) mass is 403 g/mol. The normalized spacial score (nSPS) is 10.7. The fourth-order valence-corrected chi connectivity index (χ4v) is 2.83. The average molecular weight is 403 g/mol. The predicted octanol–water partition coefficient (Wildman–Crippen LogP) is 2.10. The number of tetrazole rings is 1. The van der Waals surface area contributed by atoms with Gasteiger partial charge in [0.05, 0.1) is 11.9 Å². The maximum Gasteiger partial charge on any atom is 0.246 e. The highest BCUT2D eigenvalue weighted by atomic mass is 16.5. The molecule has 9 nitrogen and oxygen atoms in total. The van der Waals surface area contributed by atoms with Crippen molar-refractivity contribution < 1.29 is 9.53 Å². The summed E-state index contributed by atoms with van der Waals surface area (Å²) in [4.78, 5) is 15.4. The minimum Gasteiger partial charge on any atom is -0.485 e. The predicted molar refractivity (Wildman–Crippen MR) is 109 cm³/mol. The van der Waals surface area contributed by atoms with E-state index in [2.05, 4.69) is 20.5 Å². The highest BCUT2D eigenvalue weighted by Crippen LogP contribution is 2.10. The van der Waals surface area contributed by atoms with Crippen LogP contribution in [-0.4, -0.2) is 47.8 Å². The number of carbonyl (C=O) groups excluding carboxylic acids is 1. The maximum absolute atomic E-state index is 12.5. The average Bonchev–Trinajstić information content (AvgIpc) is 3.43. The van der Waals surface area contributed by atoms with Gasteiger partial charge >= 0.3 is 0 Å². The molecule has 0 atom stereocenters. The first-order chi connectivity index (χ1) is 14.7. The summed E-state index contributed by atoms with van der Waals surface area (Å²) in [6, 6.07) is 19.2. The summed E-state index contributed by atoms with van der Waals surface area (Å²) >= 11 is 0. The van der Waals surface area contributed by atoms with Crippen LogP contribution in [0, 0.1) is 0 Å². The van der Waals surface area contributed by atoms with Crippen LogP contribution in [0.15, 0.2) is 73.1 Å². The van der Waals surface area contributed by atoms with Gasteiger partial charge in [-0.1, -0.05) is 36.4 Å². The van der Waals surface area contributed by atoms with Gasteiger partial charge in [0.2, 0.25) is 11.7 Å². The zero-order valence-corrected chi connectivity index (χ0v) is 16.5. The van der Waals surface area contributed by atoms with Gasteiger partial charge in [0.25, 0.3) is 0 Å². The number of para-hydroxylation sites is 2. The molecule has 152 valence electrons. The third-order valence-electron chi connectivity index (χ3n) is 4.38. The summed E-state index contributed by atoms with van der Waals surface area (Å²) in [5.41, 5.74) is 1.90. The first kappa shape index (κ1) is 19.3. The highest BCUT2D eigenvalue weighted by Gasteiger charge is 2.14. The van der Waals surface area contributed by atoms with Crippen LogP contribution >= 0.6 is 0 Å². The summed E-state index contributed by atoms with van der Waals surface area (Å²) in [5, 5.41) is 16.4. The third kappa shape index (κ3) is 4.88. The third-order valence-corrected chi connectivity index (χ3v) is 4.38. The van der Waals surface area contributed by atoms with Crippen LogP contribution in [0.1, 0.15) is 11.4 Å². The van der Waals surface area contributed by atoms with Crippen molar-refractivity contribution in [2.75, 3.05) is 7.05 Å². The second-order valence-corrected chi connectivity index (χ2v) is 6.72. The van der Waals surface area contributed by atoms with Crippen LogP contribution in [0.5, 0.6) is 5.75 Å². The highest BCUT2D eigenvalue weighted by molar-refractivity contribution is 5.75. The summed E-state index contributed by atoms with van der Waals surface area (Å²) in [6.07, 6.45) is 3.66. The number of hydrogen-bond donors (Lipinski definition) is 0. The lowest BCUT2D eigenvalue weighted by Gasteiger charge is -2.15. The molecule has 30 heavy (non-hydrogen) atoms. The summed E-state index contributed by atoms with van der Waals surface area (Å²) < 4.78 is 7.38. The van der Waals surface area contributed by atoms with Gasteiger partial charge in [-0.05, 0) is 29.5 Å². The van der Waals surface area contributed by atoms with E-state index in [4.69, 9.17) is 4.74 Å². The van der Waals surface area contributed by atoms with Crippen molar-refractivity contribution in [1.29, 1.82) is 0 Å². The number of benzene rings is 2. The van der Waals surface area contributed by atoms with Crippen molar-refractivity contribution in [2.45, 2.75) is 19.7 Å². The molecular formula is C21H21N7O2. The summed E-state index contributed by atoms with van der Waals surface area (Å²) in [6.45, 7) is 0.624. The minimum atomic E-state index is -0.129. The molecular weight excluding hydrogens is 382 g/mol. The number of amides is 1. The molecule has 9 heteroatoms. The first-order valence-electron chi connectivity index (χ1n) is 9.45. The van der Waals surface area contributed by atoms with Crippen LogP contribution in [0.2, 0.25) is 0 Å². The molecule has 0 aliphatic heterocycles. The van der Waals surface area contributed by atoms with Crippen LogP contribution < -0.4 is 4.74 Å². The van der Waals surface area contributed by atoms with E-state index in [1.807, 2.05) is 66.9 Å². The molecule has 0 aliphatic carbocycles. The lowest BCUT2D eigenvalue weighted by atomic mass is 10.3. The van der Waals surface area contributed by atoms with E-state index in [-0.39, 0.29) is 19.1 Å². The van der Waals surface area contributed by atoms with E-state index in [1.165, 1.54) is 4.80 Å². The molecule has 0 unspecified atom stereocenters. The number of hydrogen-bond acceptors (Lipinski definition) is 6. The van der Waals surface area contributed by atoms with Crippen molar-refractivity contribution in [3.8, 4) is 11.4 Å². The van der Waals surface area contributed by atoms with Gasteiger partial charge in [-0.25, -0.2) is 4.68 Å². The molecule has 1 amide bonds. The molecule has 0 bridgehead atoms. The van der Waals surface area contributed by atoms with Gasteiger partial charge in [0.1, 0.15) is 12.3 Å². The molecule has 2 heterocycles. The molecule has 4 aromatic rings. The van der Waals surface area contributed by atoms with Crippen LogP contribution in [-0.2, 0) is 24.5 Å². The summed E-state index contributed by atoms with van der Waals surface area (Å²) in [5.74, 6) is 1.01. The van der Waals surface area contributed by atoms with Gasteiger partial charge in [0, 0.05) is 25.4 Å². The first-order valence-corrected chi connectivity index (χ1v) is 9.45. The Morgan fingerprint density at radius 2 is 1.80 bits per heavy atom. The number of aromatic nitrogens is 6. The lowest BCUT2D eigenvalue weighted by Crippen LogP contribution is -2.30. The van der Waals surface area contributed by atoms with Gasteiger partial charge in [0.15, 0.2) is 6.61 Å². The van der Waals surface area contributed by atoms with E-state index >= 15 is 0 Å². The Morgan fingerprint density at radius 1 is 1.07 bits per heavy atom. The largest absolute Gasteiger partial charge is 0.485 e. The Balaban J connectivity index is 1.30. The van der Waals surface area contributed by atoms with Crippen molar-refractivity contribution in [1.82, 2.24) is 34.9 Å². The summed E-state index contributed by atoms with van der Waals surface area (Å²) in [7, 11) is 1.73. The maximum atomic E-state index is 12.5. The molecule has 4 rings (SSSR count). The molecule has 0 aliphatic rings. The van der Waals surface area contributed by atoms with E-state index in [0.717, 1.165) is 17.0 Å². The Morgan fingerprint density at radius 3 is 2.57 bits per heavy atom. The van der Waals surface area contributed by atoms with Crippen LogP contribution in [0.4, 0.5) is 0 Å². The van der Waals surface area contributed by atoms with Gasteiger partial charge in [-0.2, -0.15) is 9.90 Å². The fraction of sp³-hybridized carbons (Fsp3) is 0.190. The second kappa shape index (κ2) is 8.99. The molecule has 0 radical (unpaired) electrons. The SMILES string of the molecule is CN(Cc1cnn(-c2ccccc2)c1)C(=O)Cn1nnc(COc2ccccc2)n1. The van der Waals surface area contributed by atoms with Crippen molar-refractivity contribution in [3.63, 3.8) is 0 Å².